The average Bonchev–Trinajstić information content (AvgIpc) is 2.34. The minimum atomic E-state index is -0.906. The molecule has 1 unspecified atom stereocenters. The Bertz CT molecular complexity index is 461. The zero-order chi connectivity index (χ0) is 13.7. The molecule has 2 N–H and O–H groups in total. The summed E-state index contributed by atoms with van der Waals surface area (Å²) in [5.74, 6) is -1.32. The van der Waals surface area contributed by atoms with Gasteiger partial charge in [0.25, 0.3) is 0 Å². The van der Waals surface area contributed by atoms with E-state index in [1.807, 2.05) is 0 Å². The molecule has 7 heteroatoms. The number of ether oxygens (including phenoxy) is 1. The number of hydrogen-bond donors (Lipinski definition) is 2. The van der Waals surface area contributed by atoms with Crippen molar-refractivity contribution in [2.24, 2.45) is 5.92 Å². The highest BCUT2D eigenvalue weighted by molar-refractivity contribution is 5.70. The van der Waals surface area contributed by atoms with Gasteiger partial charge in [0.2, 0.25) is 0 Å². The van der Waals surface area contributed by atoms with Crippen LogP contribution in [0.1, 0.15) is 6.92 Å². The monoisotopic (exact) mass is 254 g/mol. The Labute approximate surface area is 104 Å². The third-order valence-corrected chi connectivity index (χ3v) is 2.41. The Morgan fingerprint density at radius 2 is 2.28 bits per heavy atom. The number of nitrogens with one attached hydrogen (secondary N) is 1. The molecule has 0 saturated heterocycles. The Morgan fingerprint density at radius 3 is 2.78 bits per heavy atom. The molecule has 1 rings (SSSR count). The van der Waals surface area contributed by atoms with Gasteiger partial charge in [0.05, 0.1) is 18.0 Å². The number of carboxylic acid groups (broad SMARTS) is 1. The van der Waals surface area contributed by atoms with Crippen LogP contribution >= 0.6 is 0 Å². The number of carbonyl (C=O) groups is 1. The fourth-order valence-corrected chi connectivity index (χ4v) is 1.30. The third kappa shape index (κ3) is 3.34. The summed E-state index contributed by atoms with van der Waals surface area (Å²) in [6.45, 7) is 1.80. The molecule has 0 radical (unpaired) electrons. The Kier molecular flexibility index (Phi) is 4.47. The molecular weight excluding hydrogens is 240 g/mol. The molecule has 0 aliphatic rings. The molecule has 1 aromatic rings. The lowest BCUT2D eigenvalue weighted by Gasteiger charge is -2.10. The Morgan fingerprint density at radius 1 is 1.61 bits per heavy atom. The van der Waals surface area contributed by atoms with E-state index in [9.17, 15) is 14.9 Å². The van der Waals surface area contributed by atoms with Gasteiger partial charge in [0.1, 0.15) is 0 Å². The van der Waals surface area contributed by atoms with Crippen molar-refractivity contribution in [3.63, 3.8) is 0 Å². The molecule has 0 aliphatic carbocycles. The van der Waals surface area contributed by atoms with Gasteiger partial charge in [-0.3, -0.25) is 14.9 Å². The van der Waals surface area contributed by atoms with E-state index < -0.39 is 16.8 Å². The lowest BCUT2D eigenvalue weighted by atomic mass is 10.2. The van der Waals surface area contributed by atoms with Crippen LogP contribution in [0.5, 0.6) is 5.75 Å². The molecule has 0 amide bonds. The predicted molar refractivity (Wildman–Crippen MR) is 64.9 cm³/mol. The van der Waals surface area contributed by atoms with E-state index in [0.717, 1.165) is 0 Å². The molecule has 0 fully saturated rings. The first-order valence-electron chi connectivity index (χ1n) is 5.24. The fourth-order valence-electron chi connectivity index (χ4n) is 1.30. The zero-order valence-corrected chi connectivity index (χ0v) is 10.0. The van der Waals surface area contributed by atoms with E-state index in [4.69, 9.17) is 9.84 Å². The minimum absolute atomic E-state index is 0.130. The van der Waals surface area contributed by atoms with E-state index in [2.05, 4.69) is 5.32 Å². The second-order valence-electron chi connectivity index (χ2n) is 3.76. The SMILES string of the molecule is COc1cc(NCC(C)C(=O)O)ccc1[N+](=O)[O-]. The molecule has 0 heterocycles. The highest BCUT2D eigenvalue weighted by atomic mass is 16.6. The molecule has 1 atom stereocenters. The van der Waals surface area contributed by atoms with E-state index in [1.165, 1.54) is 25.3 Å². The molecular formula is C11H14N2O5. The first-order valence-corrected chi connectivity index (χ1v) is 5.24. The van der Waals surface area contributed by atoms with E-state index in [0.29, 0.717) is 5.69 Å². The van der Waals surface area contributed by atoms with Gasteiger partial charge in [-0.25, -0.2) is 0 Å². The zero-order valence-electron chi connectivity index (χ0n) is 10.0. The predicted octanol–water partition coefficient (Wildman–Crippen LogP) is 1.74. The molecule has 0 saturated carbocycles. The molecule has 98 valence electrons. The summed E-state index contributed by atoms with van der Waals surface area (Å²) in [7, 11) is 1.34. The number of benzene rings is 1. The number of hydrogen-bond acceptors (Lipinski definition) is 5. The van der Waals surface area contributed by atoms with E-state index in [1.54, 1.807) is 6.92 Å². The normalized spacial score (nSPS) is 11.7. The highest BCUT2D eigenvalue weighted by Crippen LogP contribution is 2.29. The maximum absolute atomic E-state index is 10.7. The van der Waals surface area contributed by atoms with Gasteiger partial charge in [-0.1, -0.05) is 6.92 Å². The largest absolute Gasteiger partial charge is 0.490 e. The van der Waals surface area contributed by atoms with Crippen LogP contribution in [-0.2, 0) is 4.79 Å². The van der Waals surface area contributed by atoms with Crippen molar-refractivity contribution in [2.75, 3.05) is 19.0 Å². The number of aliphatic carboxylic acids is 1. The topological polar surface area (TPSA) is 102 Å². The van der Waals surface area contributed by atoms with Gasteiger partial charge in [-0.05, 0) is 6.07 Å². The van der Waals surface area contributed by atoms with E-state index in [-0.39, 0.29) is 18.0 Å². The van der Waals surface area contributed by atoms with Crippen molar-refractivity contribution < 1.29 is 19.6 Å². The minimum Gasteiger partial charge on any atom is -0.490 e. The number of nitro benzene ring substituents is 1. The Hall–Kier alpha value is -2.31. The average molecular weight is 254 g/mol. The highest BCUT2D eigenvalue weighted by Gasteiger charge is 2.15. The summed E-state index contributed by atoms with van der Waals surface area (Å²) in [4.78, 5) is 20.8. The summed E-state index contributed by atoms with van der Waals surface area (Å²) < 4.78 is 4.90. The van der Waals surface area contributed by atoms with Crippen LogP contribution < -0.4 is 10.1 Å². The first kappa shape index (κ1) is 13.8. The van der Waals surface area contributed by atoms with Crippen molar-refractivity contribution in [1.82, 2.24) is 0 Å². The van der Waals surface area contributed by atoms with Gasteiger partial charge in [-0.15, -0.1) is 0 Å². The molecule has 0 aromatic heterocycles. The fraction of sp³-hybridized carbons (Fsp3) is 0.364. The molecule has 18 heavy (non-hydrogen) atoms. The Balaban J connectivity index is 2.80. The van der Waals surface area contributed by atoms with Crippen LogP contribution in [0, 0.1) is 16.0 Å². The number of methoxy groups -OCH3 is 1. The van der Waals surface area contributed by atoms with Crippen molar-refractivity contribution in [3.05, 3.63) is 28.3 Å². The van der Waals surface area contributed by atoms with Crippen LogP contribution in [0.15, 0.2) is 18.2 Å². The van der Waals surface area contributed by atoms with Crippen LogP contribution in [0.3, 0.4) is 0 Å². The van der Waals surface area contributed by atoms with Crippen molar-refractivity contribution in [3.8, 4) is 5.75 Å². The quantitative estimate of drug-likeness (QED) is 0.592. The number of anilines is 1. The molecule has 0 spiro atoms. The van der Waals surface area contributed by atoms with Crippen molar-refractivity contribution in [2.45, 2.75) is 6.92 Å². The summed E-state index contributed by atoms with van der Waals surface area (Å²) in [5.41, 5.74) is 0.444. The number of nitrogens with zero attached hydrogens (tertiary/aromatic N) is 1. The lowest BCUT2D eigenvalue weighted by molar-refractivity contribution is -0.385. The number of rotatable bonds is 6. The third-order valence-electron chi connectivity index (χ3n) is 2.41. The maximum Gasteiger partial charge on any atom is 0.311 e. The standard InChI is InChI=1S/C11H14N2O5/c1-7(11(14)15)6-12-8-3-4-9(13(16)17)10(5-8)18-2/h3-5,7,12H,6H2,1-2H3,(H,14,15). The smallest absolute Gasteiger partial charge is 0.311 e. The van der Waals surface area contributed by atoms with Crippen LogP contribution in [0.4, 0.5) is 11.4 Å². The van der Waals surface area contributed by atoms with Gasteiger partial charge in [-0.2, -0.15) is 0 Å². The summed E-state index contributed by atoms with van der Waals surface area (Å²) >= 11 is 0. The molecule has 0 bridgehead atoms. The summed E-state index contributed by atoms with van der Waals surface area (Å²) in [5, 5.41) is 22.3. The van der Waals surface area contributed by atoms with Gasteiger partial charge >= 0.3 is 11.7 Å². The summed E-state index contributed by atoms with van der Waals surface area (Å²) in [6.07, 6.45) is 0. The van der Waals surface area contributed by atoms with Gasteiger partial charge < -0.3 is 15.2 Å². The molecule has 1 aromatic carbocycles. The van der Waals surface area contributed by atoms with Crippen molar-refractivity contribution in [1.29, 1.82) is 0 Å². The van der Waals surface area contributed by atoms with Crippen molar-refractivity contribution >= 4 is 17.3 Å². The van der Waals surface area contributed by atoms with E-state index >= 15 is 0 Å². The summed E-state index contributed by atoms with van der Waals surface area (Å²) in [6, 6.07) is 4.29. The van der Waals surface area contributed by atoms with Crippen LogP contribution in [-0.4, -0.2) is 29.7 Å². The van der Waals surface area contributed by atoms with Gasteiger partial charge in [0.15, 0.2) is 5.75 Å². The molecule has 7 nitrogen and oxygen atoms in total. The van der Waals surface area contributed by atoms with Gasteiger partial charge in [0, 0.05) is 24.4 Å². The molecule has 0 aliphatic heterocycles. The first-order chi connectivity index (χ1) is 8.45. The second kappa shape index (κ2) is 5.85. The van der Waals surface area contributed by atoms with Crippen LogP contribution in [0.25, 0.3) is 0 Å². The maximum atomic E-state index is 10.7. The lowest BCUT2D eigenvalue weighted by Crippen LogP contribution is -2.19. The second-order valence-corrected chi connectivity index (χ2v) is 3.76. The number of carboxylic acids is 1. The number of nitro groups is 1. The van der Waals surface area contributed by atoms with Crippen LogP contribution in [0.2, 0.25) is 0 Å².